The minimum absolute atomic E-state index is 0.233. The van der Waals surface area contributed by atoms with Gasteiger partial charge in [0.15, 0.2) is 11.5 Å². The van der Waals surface area contributed by atoms with Crippen LogP contribution in [0.3, 0.4) is 0 Å². The van der Waals surface area contributed by atoms with Crippen molar-refractivity contribution < 1.29 is 9.47 Å². The van der Waals surface area contributed by atoms with Gasteiger partial charge in [0.2, 0.25) is 0 Å². The predicted molar refractivity (Wildman–Crippen MR) is 152 cm³/mol. The molecule has 8 heteroatoms. The van der Waals surface area contributed by atoms with Crippen molar-refractivity contribution in [1.82, 2.24) is 9.66 Å². The number of benzene rings is 3. The van der Waals surface area contributed by atoms with E-state index in [-0.39, 0.29) is 5.56 Å². The van der Waals surface area contributed by atoms with E-state index in [1.165, 1.54) is 10.2 Å². The first-order chi connectivity index (χ1) is 17.1. The van der Waals surface area contributed by atoms with Crippen molar-refractivity contribution in [3.8, 4) is 11.5 Å². The molecule has 0 saturated heterocycles. The van der Waals surface area contributed by atoms with Gasteiger partial charge in [0.25, 0.3) is 5.56 Å². The van der Waals surface area contributed by atoms with E-state index in [9.17, 15) is 4.79 Å². The molecular weight excluding hydrogens is 586 g/mol. The minimum atomic E-state index is -0.402. The van der Waals surface area contributed by atoms with Crippen molar-refractivity contribution in [2.75, 3.05) is 7.11 Å². The molecule has 0 amide bonds. The van der Waals surface area contributed by atoms with Crippen molar-refractivity contribution in [2.24, 2.45) is 5.10 Å². The van der Waals surface area contributed by atoms with Crippen molar-refractivity contribution >= 4 is 49.0 Å². The predicted octanol–water partition coefficient (Wildman–Crippen LogP) is 7.00. The van der Waals surface area contributed by atoms with Crippen LogP contribution in [0.25, 0.3) is 10.9 Å². The molecule has 0 N–H and O–H groups in total. The van der Waals surface area contributed by atoms with Crippen LogP contribution < -0.4 is 15.0 Å². The van der Waals surface area contributed by atoms with Crippen LogP contribution in [0.15, 0.2) is 73.4 Å². The Kier molecular flexibility index (Phi) is 7.66. The maximum absolute atomic E-state index is 13.4. The lowest BCUT2D eigenvalue weighted by atomic mass is 9.95. The molecule has 36 heavy (non-hydrogen) atoms. The van der Waals surface area contributed by atoms with Gasteiger partial charge in [0.1, 0.15) is 12.4 Å². The fraction of sp³-hybridized carbons (Fsp3) is 0.250. The van der Waals surface area contributed by atoms with Crippen LogP contribution in [-0.4, -0.2) is 23.0 Å². The topological polar surface area (TPSA) is 65.7 Å². The zero-order valence-electron chi connectivity index (χ0n) is 20.8. The maximum Gasteiger partial charge on any atom is 0.282 e. The Hall–Kier alpha value is -2.97. The van der Waals surface area contributed by atoms with Gasteiger partial charge in [0, 0.05) is 19.9 Å². The van der Waals surface area contributed by atoms with E-state index in [2.05, 4.69) is 56.0 Å². The number of hydrogen-bond donors (Lipinski definition) is 0. The fourth-order valence-corrected chi connectivity index (χ4v) is 4.41. The summed E-state index contributed by atoms with van der Waals surface area (Å²) in [5, 5.41) is 5.06. The van der Waals surface area contributed by atoms with Crippen LogP contribution >= 0.6 is 31.9 Å². The number of ether oxygens (including phenoxy) is 2. The highest BCUT2D eigenvalue weighted by Gasteiger charge is 2.23. The molecule has 0 bridgehead atoms. The van der Waals surface area contributed by atoms with Crippen LogP contribution in [0.2, 0.25) is 0 Å². The number of nitrogens with zero attached hydrogens (tertiary/aromatic N) is 3. The SMILES string of the molecule is COc1cc(C=Nn2c(C(C)(C)C)nc3ccc(Br)cc3c2=O)c(Br)cc1OCc1ccc(C)cc1. The van der Waals surface area contributed by atoms with Gasteiger partial charge in [-0.15, -0.1) is 0 Å². The first-order valence-electron chi connectivity index (χ1n) is 11.4. The summed E-state index contributed by atoms with van der Waals surface area (Å²) in [6.07, 6.45) is 1.62. The van der Waals surface area contributed by atoms with Crippen LogP contribution in [0, 0.1) is 6.92 Å². The minimum Gasteiger partial charge on any atom is -0.493 e. The van der Waals surface area contributed by atoms with Crippen molar-refractivity contribution in [3.63, 3.8) is 0 Å². The standard InChI is InChI=1S/C28H27Br2N3O3/c1-17-6-8-18(9-7-17)16-36-25-14-22(30)19(12-24(25)35-5)15-31-33-26(34)21-13-20(29)10-11-23(21)32-27(33)28(2,3)4/h6-15H,16H2,1-5H3. The van der Waals surface area contributed by atoms with Crippen LogP contribution in [0.1, 0.15) is 43.3 Å². The number of fused-ring (bicyclic) bond motifs is 1. The number of aromatic nitrogens is 2. The molecular formula is C28H27Br2N3O3. The average molecular weight is 613 g/mol. The Balaban J connectivity index is 1.71. The first-order valence-corrected chi connectivity index (χ1v) is 13.0. The number of hydrogen-bond acceptors (Lipinski definition) is 5. The molecule has 3 aromatic carbocycles. The monoisotopic (exact) mass is 611 g/mol. The van der Waals surface area contributed by atoms with E-state index in [1.807, 2.05) is 57.2 Å². The normalized spacial score (nSPS) is 11.9. The van der Waals surface area contributed by atoms with E-state index in [0.29, 0.717) is 34.8 Å². The Morgan fingerprint density at radius 1 is 1.03 bits per heavy atom. The average Bonchev–Trinajstić information content (AvgIpc) is 2.83. The third-order valence-corrected chi connectivity index (χ3v) is 6.77. The molecule has 0 unspecified atom stereocenters. The van der Waals surface area contributed by atoms with Gasteiger partial charge < -0.3 is 9.47 Å². The Labute approximate surface area is 227 Å². The van der Waals surface area contributed by atoms with Crippen LogP contribution in [-0.2, 0) is 12.0 Å². The molecule has 0 atom stereocenters. The molecule has 6 nitrogen and oxygen atoms in total. The number of rotatable bonds is 6. The van der Waals surface area contributed by atoms with Crippen LogP contribution in [0.4, 0.5) is 0 Å². The summed E-state index contributed by atoms with van der Waals surface area (Å²) in [4.78, 5) is 18.2. The number of aryl methyl sites for hydroxylation is 1. The first kappa shape index (κ1) is 26.1. The Morgan fingerprint density at radius 2 is 1.75 bits per heavy atom. The molecule has 0 saturated carbocycles. The summed E-state index contributed by atoms with van der Waals surface area (Å²) in [6, 6.07) is 17.3. The molecule has 0 aliphatic carbocycles. The van der Waals surface area contributed by atoms with Gasteiger partial charge in [0.05, 0.1) is 24.2 Å². The second-order valence-corrected chi connectivity index (χ2v) is 11.3. The lowest BCUT2D eigenvalue weighted by Crippen LogP contribution is -2.29. The molecule has 4 rings (SSSR count). The van der Waals surface area contributed by atoms with E-state index >= 15 is 0 Å². The van der Waals surface area contributed by atoms with Gasteiger partial charge in [-0.3, -0.25) is 4.79 Å². The zero-order valence-corrected chi connectivity index (χ0v) is 24.0. The van der Waals surface area contributed by atoms with Crippen molar-refractivity contribution in [2.45, 2.75) is 39.7 Å². The van der Waals surface area contributed by atoms with E-state index in [1.54, 1.807) is 19.4 Å². The van der Waals surface area contributed by atoms with Crippen LogP contribution in [0.5, 0.6) is 11.5 Å². The quantitative estimate of drug-likeness (QED) is 0.220. The largest absolute Gasteiger partial charge is 0.493 e. The van der Waals surface area contributed by atoms with E-state index < -0.39 is 5.41 Å². The molecule has 1 heterocycles. The highest BCUT2D eigenvalue weighted by atomic mass is 79.9. The van der Waals surface area contributed by atoms with Gasteiger partial charge in [-0.25, -0.2) is 4.98 Å². The molecule has 0 aliphatic heterocycles. The highest BCUT2D eigenvalue weighted by Crippen LogP contribution is 2.33. The lowest BCUT2D eigenvalue weighted by molar-refractivity contribution is 0.284. The maximum atomic E-state index is 13.4. The molecule has 0 fully saturated rings. The molecule has 1 aromatic heterocycles. The van der Waals surface area contributed by atoms with Gasteiger partial charge in [-0.1, -0.05) is 66.5 Å². The summed E-state index contributed by atoms with van der Waals surface area (Å²) in [6.45, 7) is 8.48. The number of halogens is 2. The van der Waals surface area contributed by atoms with E-state index in [4.69, 9.17) is 14.5 Å². The van der Waals surface area contributed by atoms with Gasteiger partial charge in [-0.2, -0.15) is 9.78 Å². The second-order valence-electron chi connectivity index (χ2n) is 9.51. The fourth-order valence-electron chi connectivity index (χ4n) is 3.63. The second kappa shape index (κ2) is 10.6. The van der Waals surface area contributed by atoms with Crippen molar-refractivity contribution in [1.29, 1.82) is 0 Å². The summed E-state index contributed by atoms with van der Waals surface area (Å²) in [5.74, 6) is 1.74. The molecule has 0 radical (unpaired) electrons. The summed E-state index contributed by atoms with van der Waals surface area (Å²) in [5.41, 5.74) is 3.00. The third kappa shape index (κ3) is 5.71. The Bertz CT molecular complexity index is 1500. The molecule has 4 aromatic rings. The molecule has 0 spiro atoms. The molecule has 0 aliphatic rings. The highest BCUT2D eigenvalue weighted by molar-refractivity contribution is 9.10. The Morgan fingerprint density at radius 3 is 2.42 bits per heavy atom. The van der Waals surface area contributed by atoms with E-state index in [0.717, 1.165) is 20.1 Å². The summed E-state index contributed by atoms with van der Waals surface area (Å²) in [7, 11) is 1.59. The zero-order chi connectivity index (χ0) is 26.0. The summed E-state index contributed by atoms with van der Waals surface area (Å²) < 4.78 is 14.5. The third-order valence-electron chi connectivity index (χ3n) is 5.59. The van der Waals surface area contributed by atoms with Gasteiger partial charge in [-0.05, 0) is 58.7 Å². The lowest BCUT2D eigenvalue weighted by Gasteiger charge is -2.21. The summed E-state index contributed by atoms with van der Waals surface area (Å²) >= 11 is 7.05. The smallest absolute Gasteiger partial charge is 0.282 e. The van der Waals surface area contributed by atoms with Crippen molar-refractivity contribution in [3.05, 3.63) is 96.4 Å². The number of methoxy groups -OCH3 is 1. The van der Waals surface area contributed by atoms with Gasteiger partial charge >= 0.3 is 0 Å². The molecule has 186 valence electrons.